The van der Waals surface area contributed by atoms with Crippen molar-refractivity contribution < 1.29 is 14.3 Å². The molecule has 0 radical (unpaired) electrons. The fraction of sp³-hybridized carbons (Fsp3) is 0.778. The minimum absolute atomic E-state index is 0.0213. The third kappa shape index (κ3) is 6.03. The van der Waals surface area contributed by atoms with Gasteiger partial charge in [0.05, 0.1) is 12.6 Å². The number of hydrogen-bond donors (Lipinski definition) is 2. The number of likely N-dealkylation sites (N-methyl/N-ethyl adjacent to an activating group) is 1. The van der Waals surface area contributed by atoms with Crippen LogP contribution in [0.1, 0.15) is 6.42 Å². The van der Waals surface area contributed by atoms with Crippen LogP contribution in [0.4, 0.5) is 0 Å². The van der Waals surface area contributed by atoms with E-state index in [1.807, 2.05) is 0 Å². The summed E-state index contributed by atoms with van der Waals surface area (Å²) in [5.41, 5.74) is 5.55. The Bertz CT molecular complexity index is 219. The molecular formula is C9H19N3O3. The number of nitrogens with one attached hydrogen (secondary N) is 1. The average Bonchev–Trinajstić information content (AvgIpc) is 2.21. The van der Waals surface area contributed by atoms with Crippen molar-refractivity contribution in [2.24, 2.45) is 5.73 Å². The zero-order valence-electron chi connectivity index (χ0n) is 9.45. The zero-order valence-corrected chi connectivity index (χ0v) is 9.45. The molecule has 0 aromatic carbocycles. The Hall–Kier alpha value is -1.14. The van der Waals surface area contributed by atoms with Crippen molar-refractivity contribution >= 4 is 11.8 Å². The summed E-state index contributed by atoms with van der Waals surface area (Å²) in [6.07, 6.45) is 0.443. The molecule has 15 heavy (non-hydrogen) atoms. The van der Waals surface area contributed by atoms with Crippen LogP contribution in [0, 0.1) is 0 Å². The van der Waals surface area contributed by atoms with Crippen molar-refractivity contribution in [3.8, 4) is 0 Å². The van der Waals surface area contributed by atoms with Crippen LogP contribution in [0.5, 0.6) is 0 Å². The van der Waals surface area contributed by atoms with E-state index in [0.29, 0.717) is 13.0 Å². The van der Waals surface area contributed by atoms with Gasteiger partial charge in [-0.25, -0.2) is 0 Å². The molecule has 1 unspecified atom stereocenters. The summed E-state index contributed by atoms with van der Waals surface area (Å²) in [5, 5.41) is 2.46. The molecule has 0 aromatic heterocycles. The van der Waals surface area contributed by atoms with E-state index in [-0.39, 0.29) is 18.4 Å². The van der Waals surface area contributed by atoms with E-state index in [1.54, 1.807) is 21.2 Å². The molecule has 0 aliphatic rings. The van der Waals surface area contributed by atoms with E-state index < -0.39 is 6.04 Å². The maximum absolute atomic E-state index is 11.3. The highest BCUT2D eigenvalue weighted by molar-refractivity contribution is 5.87. The summed E-state index contributed by atoms with van der Waals surface area (Å²) < 4.78 is 4.79. The van der Waals surface area contributed by atoms with E-state index in [2.05, 4.69) is 5.32 Å². The number of carbonyl (C=O) groups excluding carboxylic acids is 2. The van der Waals surface area contributed by atoms with Gasteiger partial charge in [-0.2, -0.15) is 0 Å². The second-order valence-electron chi connectivity index (χ2n) is 3.39. The highest BCUT2D eigenvalue weighted by atomic mass is 16.5. The second kappa shape index (κ2) is 7.19. The molecule has 0 fully saturated rings. The molecule has 0 aliphatic heterocycles. The first-order valence-electron chi connectivity index (χ1n) is 4.71. The van der Waals surface area contributed by atoms with Crippen molar-refractivity contribution in [3.05, 3.63) is 0 Å². The number of amides is 2. The summed E-state index contributed by atoms with van der Waals surface area (Å²) in [7, 11) is 4.79. The van der Waals surface area contributed by atoms with Crippen molar-refractivity contribution in [2.45, 2.75) is 12.5 Å². The molecule has 3 N–H and O–H groups in total. The van der Waals surface area contributed by atoms with Gasteiger partial charge in [-0.05, 0) is 6.42 Å². The normalized spacial score (nSPS) is 12.0. The Kier molecular flexibility index (Phi) is 6.64. The molecule has 0 bridgehead atoms. The number of ether oxygens (including phenoxy) is 1. The fourth-order valence-electron chi connectivity index (χ4n) is 0.828. The highest BCUT2D eigenvalue weighted by Crippen LogP contribution is 1.88. The lowest BCUT2D eigenvalue weighted by Gasteiger charge is -2.13. The highest BCUT2D eigenvalue weighted by Gasteiger charge is 2.14. The van der Waals surface area contributed by atoms with E-state index in [4.69, 9.17) is 10.5 Å². The number of carbonyl (C=O) groups is 2. The Balaban J connectivity index is 3.78. The van der Waals surface area contributed by atoms with Crippen LogP contribution in [0.15, 0.2) is 0 Å². The largest absolute Gasteiger partial charge is 0.385 e. The van der Waals surface area contributed by atoms with E-state index in [0.717, 1.165) is 0 Å². The molecule has 0 heterocycles. The molecule has 6 nitrogen and oxygen atoms in total. The second-order valence-corrected chi connectivity index (χ2v) is 3.39. The number of rotatable bonds is 6. The number of hydrogen-bond acceptors (Lipinski definition) is 4. The summed E-state index contributed by atoms with van der Waals surface area (Å²) in [6, 6.07) is -0.625. The third-order valence-electron chi connectivity index (χ3n) is 1.88. The monoisotopic (exact) mass is 217 g/mol. The Labute approximate surface area is 89.7 Å². The zero-order chi connectivity index (χ0) is 11.8. The molecule has 0 saturated carbocycles. The fourth-order valence-corrected chi connectivity index (χ4v) is 0.828. The molecule has 1 atom stereocenters. The summed E-state index contributed by atoms with van der Waals surface area (Å²) in [4.78, 5) is 23.8. The molecule has 0 rings (SSSR count). The molecule has 0 aromatic rings. The average molecular weight is 217 g/mol. The Morgan fingerprint density at radius 2 is 2.07 bits per heavy atom. The van der Waals surface area contributed by atoms with Gasteiger partial charge in [-0.3, -0.25) is 9.59 Å². The standard InChI is InChI=1S/C9H19N3O3/c1-12(2)8(13)6-11-9(14)7(10)4-5-15-3/h7H,4-6,10H2,1-3H3,(H,11,14). The summed E-state index contributed by atoms with van der Waals surface area (Å²) in [6.45, 7) is 0.405. The maximum atomic E-state index is 11.3. The smallest absolute Gasteiger partial charge is 0.241 e. The Morgan fingerprint density at radius 3 is 2.53 bits per heavy atom. The molecule has 0 saturated heterocycles. The molecular weight excluding hydrogens is 198 g/mol. The molecule has 88 valence electrons. The van der Waals surface area contributed by atoms with E-state index in [1.165, 1.54) is 4.90 Å². The van der Waals surface area contributed by atoms with Crippen LogP contribution in [-0.2, 0) is 14.3 Å². The first-order valence-corrected chi connectivity index (χ1v) is 4.71. The summed E-state index contributed by atoms with van der Waals surface area (Å²) >= 11 is 0. The lowest BCUT2D eigenvalue weighted by molar-refractivity contribution is -0.131. The number of nitrogens with zero attached hydrogens (tertiary/aromatic N) is 1. The molecule has 2 amide bonds. The minimum atomic E-state index is -0.625. The predicted molar refractivity (Wildman–Crippen MR) is 56.2 cm³/mol. The van der Waals surface area contributed by atoms with Gasteiger partial charge in [0, 0.05) is 27.8 Å². The van der Waals surface area contributed by atoms with E-state index >= 15 is 0 Å². The van der Waals surface area contributed by atoms with Crippen molar-refractivity contribution in [2.75, 3.05) is 34.4 Å². The quantitative estimate of drug-likeness (QED) is 0.570. The first kappa shape index (κ1) is 13.9. The lowest BCUT2D eigenvalue weighted by Crippen LogP contribution is -2.45. The van der Waals surface area contributed by atoms with Crippen LogP contribution in [0.3, 0.4) is 0 Å². The van der Waals surface area contributed by atoms with Gasteiger partial charge < -0.3 is 20.7 Å². The molecule has 0 aliphatic carbocycles. The molecule has 6 heteroatoms. The van der Waals surface area contributed by atoms with Gasteiger partial charge >= 0.3 is 0 Å². The minimum Gasteiger partial charge on any atom is -0.385 e. The predicted octanol–water partition coefficient (Wildman–Crippen LogP) is -1.45. The third-order valence-corrected chi connectivity index (χ3v) is 1.88. The number of methoxy groups -OCH3 is 1. The first-order chi connectivity index (χ1) is 6.99. The SMILES string of the molecule is COCCC(N)C(=O)NCC(=O)N(C)C. The maximum Gasteiger partial charge on any atom is 0.241 e. The molecule has 0 spiro atoms. The van der Waals surface area contributed by atoms with Gasteiger partial charge in [0.2, 0.25) is 11.8 Å². The van der Waals surface area contributed by atoms with Crippen molar-refractivity contribution in [1.82, 2.24) is 10.2 Å². The topological polar surface area (TPSA) is 84.7 Å². The Morgan fingerprint density at radius 1 is 1.47 bits per heavy atom. The number of nitrogens with two attached hydrogens (primary N) is 1. The van der Waals surface area contributed by atoms with Crippen LogP contribution < -0.4 is 11.1 Å². The van der Waals surface area contributed by atoms with E-state index in [9.17, 15) is 9.59 Å². The van der Waals surface area contributed by atoms with Gasteiger partial charge in [0.15, 0.2) is 0 Å². The van der Waals surface area contributed by atoms with Crippen molar-refractivity contribution in [3.63, 3.8) is 0 Å². The van der Waals surface area contributed by atoms with Crippen LogP contribution in [0.25, 0.3) is 0 Å². The summed E-state index contributed by atoms with van der Waals surface area (Å²) in [5.74, 6) is -0.496. The van der Waals surface area contributed by atoms with Gasteiger partial charge in [0.25, 0.3) is 0 Å². The van der Waals surface area contributed by atoms with Crippen LogP contribution in [0.2, 0.25) is 0 Å². The van der Waals surface area contributed by atoms with Crippen LogP contribution in [-0.4, -0.2) is 57.1 Å². The van der Waals surface area contributed by atoms with Crippen molar-refractivity contribution in [1.29, 1.82) is 0 Å². The van der Waals surface area contributed by atoms with Gasteiger partial charge in [-0.15, -0.1) is 0 Å². The lowest BCUT2D eigenvalue weighted by atomic mass is 10.2. The van der Waals surface area contributed by atoms with Gasteiger partial charge in [-0.1, -0.05) is 0 Å². The van der Waals surface area contributed by atoms with Gasteiger partial charge in [0.1, 0.15) is 0 Å². The van der Waals surface area contributed by atoms with Crippen LogP contribution >= 0.6 is 0 Å².